The third-order valence-corrected chi connectivity index (χ3v) is 4.76. The van der Waals surface area contributed by atoms with Crippen LogP contribution in [0.5, 0.6) is 0 Å². The average Bonchev–Trinajstić information content (AvgIpc) is 2.89. The van der Waals surface area contributed by atoms with Gasteiger partial charge in [0.25, 0.3) is 5.91 Å². The topological polar surface area (TPSA) is 45.2 Å². The van der Waals surface area contributed by atoms with Crippen LogP contribution in [0.2, 0.25) is 5.15 Å². The molecule has 2 atom stereocenters. The highest BCUT2D eigenvalue weighted by molar-refractivity contribution is 6.29. The summed E-state index contributed by atoms with van der Waals surface area (Å²) >= 11 is 6.00. The molecule has 1 saturated carbocycles. The average molecular weight is 294 g/mol. The number of likely N-dealkylation sites (tertiary alicyclic amines) is 1. The number of hydrogen-bond acceptors (Lipinski definition) is 3. The van der Waals surface area contributed by atoms with Crippen LogP contribution in [0.3, 0.4) is 0 Å². The summed E-state index contributed by atoms with van der Waals surface area (Å²) in [6.07, 6.45) is 6.12. The van der Waals surface area contributed by atoms with Crippen LogP contribution in [0.4, 0.5) is 5.82 Å². The zero-order valence-corrected chi connectivity index (χ0v) is 12.5. The monoisotopic (exact) mass is 293 g/mol. The lowest BCUT2D eigenvalue weighted by atomic mass is 9.85. The molecule has 1 aliphatic heterocycles. The molecule has 5 heteroatoms. The minimum atomic E-state index is 0.0974. The zero-order valence-electron chi connectivity index (χ0n) is 11.7. The number of amides is 1. The molecule has 0 aromatic carbocycles. The van der Waals surface area contributed by atoms with Crippen molar-refractivity contribution in [1.82, 2.24) is 9.88 Å². The maximum Gasteiger partial charge on any atom is 0.254 e. The van der Waals surface area contributed by atoms with Crippen LogP contribution in [0.1, 0.15) is 42.5 Å². The van der Waals surface area contributed by atoms with Crippen molar-refractivity contribution < 1.29 is 4.79 Å². The minimum Gasteiger partial charge on any atom is -0.373 e. The van der Waals surface area contributed by atoms with Crippen molar-refractivity contribution in [1.29, 1.82) is 0 Å². The molecule has 1 saturated heterocycles. The highest BCUT2D eigenvalue weighted by atomic mass is 35.5. The van der Waals surface area contributed by atoms with E-state index >= 15 is 0 Å². The van der Waals surface area contributed by atoms with E-state index < -0.39 is 0 Å². The maximum atomic E-state index is 12.7. The predicted molar refractivity (Wildman–Crippen MR) is 80.2 cm³/mol. The Balaban J connectivity index is 1.83. The predicted octanol–water partition coefficient (Wildman–Crippen LogP) is 3.18. The van der Waals surface area contributed by atoms with E-state index in [0.717, 1.165) is 19.4 Å². The van der Waals surface area contributed by atoms with Crippen molar-refractivity contribution in [3.8, 4) is 0 Å². The van der Waals surface area contributed by atoms with Crippen LogP contribution in [0.25, 0.3) is 0 Å². The smallest absolute Gasteiger partial charge is 0.254 e. The molecule has 1 N–H and O–H groups in total. The molecule has 2 fully saturated rings. The van der Waals surface area contributed by atoms with Gasteiger partial charge in [0, 0.05) is 25.2 Å². The van der Waals surface area contributed by atoms with Crippen LogP contribution in [0.15, 0.2) is 12.1 Å². The van der Waals surface area contributed by atoms with Gasteiger partial charge < -0.3 is 10.2 Å². The number of nitrogens with one attached hydrogen (secondary N) is 1. The van der Waals surface area contributed by atoms with Gasteiger partial charge >= 0.3 is 0 Å². The third kappa shape index (κ3) is 2.49. The van der Waals surface area contributed by atoms with E-state index in [9.17, 15) is 4.79 Å². The van der Waals surface area contributed by atoms with Crippen LogP contribution in [-0.4, -0.2) is 35.4 Å². The Morgan fingerprint density at radius 3 is 2.95 bits per heavy atom. The van der Waals surface area contributed by atoms with Gasteiger partial charge in [-0.1, -0.05) is 24.4 Å². The van der Waals surface area contributed by atoms with Crippen molar-refractivity contribution in [3.05, 3.63) is 22.8 Å². The van der Waals surface area contributed by atoms with Crippen molar-refractivity contribution in [2.75, 3.05) is 18.9 Å². The molecule has 0 bridgehead atoms. The van der Waals surface area contributed by atoms with Crippen molar-refractivity contribution in [3.63, 3.8) is 0 Å². The van der Waals surface area contributed by atoms with Crippen molar-refractivity contribution in [2.45, 2.75) is 38.1 Å². The van der Waals surface area contributed by atoms with Gasteiger partial charge in [-0.15, -0.1) is 0 Å². The molecule has 108 valence electrons. The minimum absolute atomic E-state index is 0.0974. The second-order valence-electron chi connectivity index (χ2n) is 5.71. The maximum absolute atomic E-state index is 12.7. The van der Waals surface area contributed by atoms with E-state index in [2.05, 4.69) is 15.2 Å². The lowest BCUT2D eigenvalue weighted by Crippen LogP contribution is -2.39. The molecular weight excluding hydrogens is 274 g/mol. The van der Waals surface area contributed by atoms with Crippen LogP contribution >= 0.6 is 11.6 Å². The number of nitrogens with zero attached hydrogens (tertiary/aromatic N) is 2. The van der Waals surface area contributed by atoms with Crippen LogP contribution in [0, 0.1) is 5.92 Å². The molecule has 1 aliphatic carbocycles. The van der Waals surface area contributed by atoms with Gasteiger partial charge in [-0.05, 0) is 37.3 Å². The number of aromatic nitrogens is 1. The van der Waals surface area contributed by atoms with Crippen molar-refractivity contribution in [2.24, 2.45) is 5.92 Å². The van der Waals surface area contributed by atoms with E-state index in [-0.39, 0.29) is 5.91 Å². The highest BCUT2D eigenvalue weighted by Crippen LogP contribution is 2.37. The Hall–Kier alpha value is -1.29. The molecular formula is C15H20ClN3O. The first-order valence-corrected chi connectivity index (χ1v) is 7.73. The molecule has 20 heavy (non-hydrogen) atoms. The number of pyridine rings is 1. The number of hydrogen-bond donors (Lipinski definition) is 1. The Bertz CT molecular complexity index is 520. The largest absolute Gasteiger partial charge is 0.373 e. The van der Waals surface area contributed by atoms with E-state index in [0.29, 0.717) is 28.5 Å². The number of anilines is 1. The Morgan fingerprint density at radius 1 is 1.35 bits per heavy atom. The summed E-state index contributed by atoms with van der Waals surface area (Å²) in [4.78, 5) is 18.9. The first-order valence-electron chi connectivity index (χ1n) is 7.35. The summed E-state index contributed by atoms with van der Waals surface area (Å²) in [6, 6.07) is 3.88. The van der Waals surface area contributed by atoms with E-state index in [1.54, 1.807) is 19.2 Å². The quantitative estimate of drug-likeness (QED) is 0.852. The standard InChI is InChI=1S/C15H20ClN3O/c1-17-14-9-11(8-13(16)18-14)15(20)19-7-6-10-4-2-3-5-12(10)19/h8-10,12H,2-7H2,1H3,(H,17,18). The molecule has 2 aliphatic rings. The van der Waals surface area contributed by atoms with Gasteiger partial charge in [0.1, 0.15) is 11.0 Å². The fraction of sp³-hybridized carbons (Fsp3) is 0.600. The van der Waals surface area contributed by atoms with Crippen molar-refractivity contribution >= 4 is 23.3 Å². The molecule has 1 aromatic heterocycles. The summed E-state index contributed by atoms with van der Waals surface area (Å²) in [5, 5.41) is 3.30. The Labute approximate surface area is 124 Å². The number of halogens is 1. The summed E-state index contributed by atoms with van der Waals surface area (Å²) < 4.78 is 0. The summed E-state index contributed by atoms with van der Waals surface area (Å²) in [5.41, 5.74) is 0.639. The molecule has 3 rings (SSSR count). The summed E-state index contributed by atoms with van der Waals surface area (Å²) in [7, 11) is 1.78. The molecule has 1 amide bonds. The van der Waals surface area contributed by atoms with E-state index in [1.807, 2.05) is 0 Å². The van der Waals surface area contributed by atoms with Crippen LogP contribution < -0.4 is 5.32 Å². The Morgan fingerprint density at radius 2 is 2.15 bits per heavy atom. The van der Waals surface area contributed by atoms with Gasteiger partial charge in [-0.25, -0.2) is 4.98 Å². The van der Waals surface area contributed by atoms with E-state index in [1.165, 1.54) is 19.3 Å². The third-order valence-electron chi connectivity index (χ3n) is 4.57. The molecule has 2 heterocycles. The number of fused-ring (bicyclic) bond motifs is 1. The fourth-order valence-electron chi connectivity index (χ4n) is 3.57. The summed E-state index contributed by atoms with van der Waals surface area (Å²) in [6.45, 7) is 0.878. The second-order valence-corrected chi connectivity index (χ2v) is 6.10. The summed E-state index contributed by atoms with van der Waals surface area (Å²) in [5.74, 6) is 1.44. The zero-order chi connectivity index (χ0) is 14.1. The van der Waals surface area contributed by atoms with Gasteiger partial charge in [-0.3, -0.25) is 4.79 Å². The number of carbonyl (C=O) groups excluding carboxylic acids is 1. The lowest BCUT2D eigenvalue weighted by Gasteiger charge is -2.31. The lowest BCUT2D eigenvalue weighted by molar-refractivity contribution is 0.0690. The first-order chi connectivity index (χ1) is 9.69. The van der Waals surface area contributed by atoms with Gasteiger partial charge in [0.15, 0.2) is 0 Å². The van der Waals surface area contributed by atoms with Gasteiger partial charge in [0.05, 0.1) is 0 Å². The molecule has 0 radical (unpaired) electrons. The SMILES string of the molecule is CNc1cc(C(=O)N2CCC3CCCCC32)cc(Cl)n1. The fourth-order valence-corrected chi connectivity index (χ4v) is 3.78. The molecule has 1 aromatic rings. The molecule has 0 spiro atoms. The normalized spacial score (nSPS) is 25.4. The number of carbonyl (C=O) groups is 1. The number of rotatable bonds is 2. The molecule has 4 nitrogen and oxygen atoms in total. The highest BCUT2D eigenvalue weighted by Gasteiger charge is 2.38. The van der Waals surface area contributed by atoms with E-state index in [4.69, 9.17) is 11.6 Å². The van der Waals surface area contributed by atoms with Gasteiger partial charge in [-0.2, -0.15) is 0 Å². The Kier molecular flexibility index (Phi) is 3.83. The van der Waals surface area contributed by atoms with Crippen LogP contribution in [-0.2, 0) is 0 Å². The second kappa shape index (κ2) is 5.60. The van der Waals surface area contributed by atoms with Gasteiger partial charge in [0.2, 0.25) is 0 Å². The molecule has 2 unspecified atom stereocenters. The first kappa shape index (κ1) is 13.7.